The smallest absolute Gasteiger partial charge is 0.220 e. The van der Waals surface area contributed by atoms with Crippen LogP contribution in [0.25, 0.3) is 0 Å². The highest BCUT2D eigenvalue weighted by atomic mass is 16.5. The highest BCUT2D eigenvalue weighted by molar-refractivity contribution is 5.76. The molecule has 0 spiro atoms. The van der Waals surface area contributed by atoms with Crippen LogP contribution in [0.2, 0.25) is 0 Å². The van der Waals surface area contributed by atoms with Gasteiger partial charge in [-0.25, -0.2) is 9.97 Å². The zero-order chi connectivity index (χ0) is 13.7. The average Bonchev–Trinajstić information content (AvgIpc) is 2.36. The molecule has 0 bridgehead atoms. The van der Waals surface area contributed by atoms with Gasteiger partial charge < -0.3 is 10.1 Å². The molecule has 1 aromatic rings. The first kappa shape index (κ1) is 13.9. The largest absolute Gasteiger partial charge is 0.375 e. The number of carbonyl (C=O) groups is 1. The quantitative estimate of drug-likeness (QED) is 0.893. The molecule has 1 aromatic heterocycles. The summed E-state index contributed by atoms with van der Waals surface area (Å²) in [7, 11) is 0. The number of amides is 1. The molecule has 1 unspecified atom stereocenters. The molecule has 1 amide bonds. The molecule has 19 heavy (non-hydrogen) atoms. The van der Waals surface area contributed by atoms with Gasteiger partial charge in [-0.3, -0.25) is 4.79 Å². The maximum absolute atomic E-state index is 11.9. The number of ether oxygens (including phenoxy) is 1. The summed E-state index contributed by atoms with van der Waals surface area (Å²) in [4.78, 5) is 20.1. The molecule has 2 heterocycles. The number of nitrogens with zero attached hydrogens (tertiary/aromatic N) is 2. The molecule has 1 aliphatic rings. The normalized spacial score (nSPS) is 21.9. The second-order valence-electron chi connectivity index (χ2n) is 5.53. The van der Waals surface area contributed by atoms with Gasteiger partial charge >= 0.3 is 0 Å². The van der Waals surface area contributed by atoms with E-state index in [2.05, 4.69) is 29.1 Å². The molecule has 1 N–H and O–H groups in total. The van der Waals surface area contributed by atoms with Crippen LogP contribution in [0.5, 0.6) is 0 Å². The number of aryl methyl sites for hydroxylation is 1. The monoisotopic (exact) mass is 263 g/mol. The predicted octanol–water partition coefficient (Wildman–Crippen LogP) is 1.48. The van der Waals surface area contributed by atoms with Crippen molar-refractivity contribution in [2.24, 2.45) is 0 Å². The summed E-state index contributed by atoms with van der Waals surface area (Å²) >= 11 is 0. The van der Waals surface area contributed by atoms with Crippen molar-refractivity contribution in [3.8, 4) is 0 Å². The SMILES string of the molecule is CC1(C)CC(NC(=O)CCc2ncccn2)CCO1. The molecule has 104 valence electrons. The molecule has 0 aromatic carbocycles. The lowest BCUT2D eigenvalue weighted by Gasteiger charge is -2.35. The minimum atomic E-state index is -0.140. The van der Waals surface area contributed by atoms with E-state index in [1.165, 1.54) is 0 Å². The third-order valence-corrected chi connectivity index (χ3v) is 3.26. The molecule has 0 saturated carbocycles. The Bertz CT molecular complexity index is 420. The van der Waals surface area contributed by atoms with E-state index >= 15 is 0 Å². The van der Waals surface area contributed by atoms with Gasteiger partial charge in [0.2, 0.25) is 5.91 Å². The van der Waals surface area contributed by atoms with Crippen molar-refractivity contribution in [1.82, 2.24) is 15.3 Å². The standard InChI is InChI=1S/C14H21N3O2/c1-14(2)10-11(6-9-19-14)17-13(18)5-4-12-15-7-3-8-16-12/h3,7-8,11H,4-6,9-10H2,1-2H3,(H,17,18). The van der Waals surface area contributed by atoms with Crippen LogP contribution in [0.1, 0.15) is 38.9 Å². The van der Waals surface area contributed by atoms with Crippen molar-refractivity contribution >= 4 is 5.91 Å². The van der Waals surface area contributed by atoms with E-state index in [0.717, 1.165) is 12.8 Å². The maximum atomic E-state index is 11.9. The van der Waals surface area contributed by atoms with Crippen LogP contribution >= 0.6 is 0 Å². The van der Waals surface area contributed by atoms with Gasteiger partial charge in [0.15, 0.2) is 0 Å². The van der Waals surface area contributed by atoms with E-state index in [4.69, 9.17) is 4.74 Å². The number of carbonyl (C=O) groups excluding carboxylic acids is 1. The second kappa shape index (κ2) is 6.10. The van der Waals surface area contributed by atoms with Crippen molar-refractivity contribution in [3.05, 3.63) is 24.3 Å². The van der Waals surface area contributed by atoms with Crippen molar-refractivity contribution in [2.75, 3.05) is 6.61 Å². The highest BCUT2D eigenvalue weighted by Gasteiger charge is 2.29. The van der Waals surface area contributed by atoms with E-state index in [1.807, 2.05) is 0 Å². The topological polar surface area (TPSA) is 64.1 Å². The number of aromatic nitrogens is 2. The van der Waals surface area contributed by atoms with Gasteiger partial charge in [-0.2, -0.15) is 0 Å². The molecule has 5 nitrogen and oxygen atoms in total. The van der Waals surface area contributed by atoms with Gasteiger partial charge in [0.1, 0.15) is 5.82 Å². The van der Waals surface area contributed by atoms with Crippen molar-refractivity contribution in [3.63, 3.8) is 0 Å². The number of nitrogens with one attached hydrogen (secondary N) is 1. The fourth-order valence-corrected chi connectivity index (χ4v) is 2.34. The lowest BCUT2D eigenvalue weighted by atomic mass is 9.94. The maximum Gasteiger partial charge on any atom is 0.220 e. The summed E-state index contributed by atoms with van der Waals surface area (Å²) in [5.41, 5.74) is -0.140. The van der Waals surface area contributed by atoms with Crippen molar-refractivity contribution < 1.29 is 9.53 Å². The highest BCUT2D eigenvalue weighted by Crippen LogP contribution is 2.23. The Hall–Kier alpha value is -1.49. The predicted molar refractivity (Wildman–Crippen MR) is 71.5 cm³/mol. The molecule has 0 radical (unpaired) electrons. The summed E-state index contributed by atoms with van der Waals surface area (Å²) in [6.07, 6.45) is 6.15. The van der Waals surface area contributed by atoms with Crippen LogP contribution in [0.3, 0.4) is 0 Å². The van der Waals surface area contributed by atoms with Gasteiger partial charge in [0.25, 0.3) is 0 Å². The fraction of sp³-hybridized carbons (Fsp3) is 0.643. The third kappa shape index (κ3) is 4.59. The molecule has 1 atom stereocenters. The molecule has 1 saturated heterocycles. The number of hydrogen-bond donors (Lipinski definition) is 1. The Morgan fingerprint density at radius 3 is 2.89 bits per heavy atom. The lowest BCUT2D eigenvalue weighted by molar-refractivity contribution is -0.124. The Balaban J connectivity index is 1.75. The fourth-order valence-electron chi connectivity index (χ4n) is 2.34. The summed E-state index contributed by atoms with van der Waals surface area (Å²) in [6.45, 7) is 4.83. The summed E-state index contributed by atoms with van der Waals surface area (Å²) < 4.78 is 5.64. The summed E-state index contributed by atoms with van der Waals surface area (Å²) in [6, 6.07) is 1.99. The van der Waals surface area contributed by atoms with Crippen LogP contribution < -0.4 is 5.32 Å². The van der Waals surface area contributed by atoms with Crippen LogP contribution in [-0.2, 0) is 16.0 Å². The molecular weight excluding hydrogens is 242 g/mol. The molecular formula is C14H21N3O2. The molecule has 5 heteroatoms. The van der Waals surface area contributed by atoms with E-state index in [1.54, 1.807) is 18.5 Å². The lowest BCUT2D eigenvalue weighted by Crippen LogP contribution is -2.45. The Morgan fingerprint density at radius 1 is 1.47 bits per heavy atom. The summed E-state index contributed by atoms with van der Waals surface area (Å²) in [5, 5.41) is 3.07. The van der Waals surface area contributed by atoms with Gasteiger partial charge in [0, 0.05) is 37.9 Å². The second-order valence-corrected chi connectivity index (χ2v) is 5.53. The van der Waals surface area contributed by atoms with E-state index < -0.39 is 0 Å². The Kier molecular flexibility index (Phi) is 4.47. The molecule has 1 fully saturated rings. The molecule has 0 aliphatic carbocycles. The molecule has 2 rings (SSSR count). The van der Waals surface area contributed by atoms with Crippen LogP contribution in [-0.4, -0.2) is 34.1 Å². The minimum Gasteiger partial charge on any atom is -0.375 e. The Labute approximate surface area is 113 Å². The van der Waals surface area contributed by atoms with Crippen molar-refractivity contribution in [2.45, 2.75) is 51.2 Å². The molecule has 1 aliphatic heterocycles. The zero-order valence-electron chi connectivity index (χ0n) is 11.6. The first-order valence-electron chi connectivity index (χ1n) is 6.74. The first-order chi connectivity index (χ1) is 9.05. The minimum absolute atomic E-state index is 0.0650. The van der Waals surface area contributed by atoms with Crippen LogP contribution in [0.4, 0.5) is 0 Å². The first-order valence-corrected chi connectivity index (χ1v) is 6.74. The summed E-state index contributed by atoms with van der Waals surface area (Å²) in [5.74, 6) is 0.778. The Morgan fingerprint density at radius 2 is 2.21 bits per heavy atom. The average molecular weight is 263 g/mol. The zero-order valence-corrected chi connectivity index (χ0v) is 11.6. The third-order valence-electron chi connectivity index (χ3n) is 3.26. The van der Waals surface area contributed by atoms with Crippen molar-refractivity contribution in [1.29, 1.82) is 0 Å². The van der Waals surface area contributed by atoms with Crippen LogP contribution in [0.15, 0.2) is 18.5 Å². The number of hydrogen-bond acceptors (Lipinski definition) is 4. The van der Waals surface area contributed by atoms with Crippen LogP contribution in [0, 0.1) is 0 Å². The van der Waals surface area contributed by atoms with Gasteiger partial charge in [0.05, 0.1) is 5.60 Å². The van der Waals surface area contributed by atoms with E-state index in [-0.39, 0.29) is 17.6 Å². The number of rotatable bonds is 4. The van der Waals surface area contributed by atoms with E-state index in [0.29, 0.717) is 25.3 Å². The van der Waals surface area contributed by atoms with E-state index in [9.17, 15) is 4.79 Å². The van der Waals surface area contributed by atoms with Gasteiger partial charge in [-0.05, 0) is 32.8 Å². The van der Waals surface area contributed by atoms with Gasteiger partial charge in [-0.1, -0.05) is 0 Å². The van der Waals surface area contributed by atoms with Gasteiger partial charge in [-0.15, -0.1) is 0 Å².